The lowest BCUT2D eigenvalue weighted by molar-refractivity contribution is -0.143. The lowest BCUT2D eigenvalue weighted by Gasteiger charge is -2.20. The zero-order valence-corrected chi connectivity index (χ0v) is 18.3. The molecule has 0 aliphatic rings. The SMILES string of the molecule is CC[C@H](C)[C@H](NC(=O)CNC(=O)COc1cc(C)cc2oc(=O)c(C)c(C)c12)C(=O)O. The molecule has 0 aliphatic carbocycles. The number of hydrogen-bond donors (Lipinski definition) is 3. The number of carbonyl (C=O) groups is 3. The largest absolute Gasteiger partial charge is 0.483 e. The van der Waals surface area contributed by atoms with E-state index in [0.29, 0.717) is 34.3 Å². The fourth-order valence-electron chi connectivity index (χ4n) is 3.08. The van der Waals surface area contributed by atoms with E-state index < -0.39 is 29.5 Å². The summed E-state index contributed by atoms with van der Waals surface area (Å²) >= 11 is 0. The molecule has 0 saturated carbocycles. The minimum Gasteiger partial charge on any atom is -0.483 e. The highest BCUT2D eigenvalue weighted by molar-refractivity contribution is 5.90. The molecule has 2 amide bonds. The van der Waals surface area contributed by atoms with Crippen molar-refractivity contribution in [1.82, 2.24) is 10.6 Å². The molecular formula is C22H28N2O7. The average Bonchev–Trinajstić information content (AvgIpc) is 2.71. The molecule has 0 aliphatic heterocycles. The minimum absolute atomic E-state index is 0.248. The average molecular weight is 432 g/mol. The van der Waals surface area contributed by atoms with Crippen molar-refractivity contribution in [3.8, 4) is 5.75 Å². The maximum Gasteiger partial charge on any atom is 0.339 e. The Balaban J connectivity index is 2.03. The Hall–Kier alpha value is -3.36. The smallest absolute Gasteiger partial charge is 0.339 e. The first-order valence-electron chi connectivity index (χ1n) is 10.0. The van der Waals surface area contributed by atoms with Gasteiger partial charge in [0.05, 0.1) is 11.9 Å². The quantitative estimate of drug-likeness (QED) is 0.515. The molecule has 1 aromatic carbocycles. The maximum atomic E-state index is 12.2. The van der Waals surface area contributed by atoms with Gasteiger partial charge in [0.2, 0.25) is 5.91 Å². The minimum atomic E-state index is -1.12. The molecule has 2 rings (SSSR count). The van der Waals surface area contributed by atoms with Gasteiger partial charge in [-0.1, -0.05) is 20.3 Å². The van der Waals surface area contributed by atoms with Gasteiger partial charge in [0.15, 0.2) is 6.61 Å². The van der Waals surface area contributed by atoms with E-state index >= 15 is 0 Å². The molecular weight excluding hydrogens is 404 g/mol. The summed E-state index contributed by atoms with van der Waals surface area (Å²) in [5, 5.41) is 14.7. The van der Waals surface area contributed by atoms with E-state index in [1.165, 1.54) is 0 Å². The number of aliphatic carboxylic acids is 1. The number of nitrogens with one attached hydrogen (secondary N) is 2. The van der Waals surface area contributed by atoms with Crippen molar-refractivity contribution in [2.24, 2.45) is 5.92 Å². The molecule has 0 bridgehead atoms. The lowest BCUT2D eigenvalue weighted by atomic mass is 9.99. The number of rotatable bonds is 9. The van der Waals surface area contributed by atoms with E-state index in [1.807, 2.05) is 13.8 Å². The van der Waals surface area contributed by atoms with Gasteiger partial charge in [0.1, 0.15) is 17.4 Å². The molecule has 0 saturated heterocycles. The third-order valence-electron chi connectivity index (χ3n) is 5.26. The van der Waals surface area contributed by atoms with Crippen molar-refractivity contribution in [1.29, 1.82) is 0 Å². The molecule has 0 radical (unpaired) electrons. The highest BCUT2D eigenvalue weighted by Crippen LogP contribution is 2.30. The predicted octanol–water partition coefficient (Wildman–Crippen LogP) is 1.83. The first kappa shape index (κ1) is 23.9. The van der Waals surface area contributed by atoms with Crippen LogP contribution >= 0.6 is 0 Å². The van der Waals surface area contributed by atoms with Crippen LogP contribution in [0.3, 0.4) is 0 Å². The molecule has 2 aromatic rings. The van der Waals surface area contributed by atoms with Crippen molar-refractivity contribution in [2.75, 3.05) is 13.2 Å². The molecule has 168 valence electrons. The predicted molar refractivity (Wildman–Crippen MR) is 114 cm³/mol. The Morgan fingerprint density at radius 3 is 2.42 bits per heavy atom. The van der Waals surface area contributed by atoms with Crippen LogP contribution < -0.4 is 21.0 Å². The number of ether oxygens (including phenoxy) is 1. The Kier molecular flexibility index (Phi) is 7.79. The summed E-state index contributed by atoms with van der Waals surface area (Å²) in [7, 11) is 0. The van der Waals surface area contributed by atoms with Crippen LogP contribution in [0.15, 0.2) is 21.3 Å². The molecule has 9 nitrogen and oxygen atoms in total. The van der Waals surface area contributed by atoms with Crippen molar-refractivity contribution < 1.29 is 28.6 Å². The molecule has 2 atom stereocenters. The molecule has 1 aromatic heterocycles. The van der Waals surface area contributed by atoms with Gasteiger partial charge in [-0.15, -0.1) is 0 Å². The molecule has 3 N–H and O–H groups in total. The number of carbonyl (C=O) groups excluding carboxylic acids is 2. The van der Waals surface area contributed by atoms with E-state index in [2.05, 4.69) is 10.6 Å². The zero-order chi connectivity index (χ0) is 23.3. The van der Waals surface area contributed by atoms with Gasteiger partial charge in [-0.25, -0.2) is 9.59 Å². The summed E-state index contributed by atoms with van der Waals surface area (Å²) in [5.41, 5.74) is 1.89. The van der Waals surface area contributed by atoms with Crippen molar-refractivity contribution >= 4 is 28.8 Å². The van der Waals surface area contributed by atoms with E-state index in [-0.39, 0.29) is 19.1 Å². The second-order valence-electron chi connectivity index (χ2n) is 7.61. The molecule has 31 heavy (non-hydrogen) atoms. The van der Waals surface area contributed by atoms with E-state index in [4.69, 9.17) is 9.15 Å². The van der Waals surface area contributed by atoms with Crippen LogP contribution in [0.25, 0.3) is 11.0 Å². The summed E-state index contributed by atoms with van der Waals surface area (Å²) in [6.07, 6.45) is 0.584. The molecule has 0 unspecified atom stereocenters. The normalized spacial score (nSPS) is 12.8. The summed E-state index contributed by atoms with van der Waals surface area (Å²) in [4.78, 5) is 47.4. The van der Waals surface area contributed by atoms with Gasteiger partial charge in [0.25, 0.3) is 5.91 Å². The molecule has 1 heterocycles. The highest BCUT2D eigenvalue weighted by atomic mass is 16.5. The summed E-state index contributed by atoms with van der Waals surface area (Å²) < 4.78 is 11.0. The topological polar surface area (TPSA) is 135 Å². The monoisotopic (exact) mass is 432 g/mol. The van der Waals surface area contributed by atoms with Gasteiger partial charge in [-0.3, -0.25) is 9.59 Å². The Bertz CT molecular complexity index is 1060. The second kappa shape index (κ2) is 10.1. The number of fused-ring (bicyclic) bond motifs is 1. The summed E-state index contributed by atoms with van der Waals surface area (Å²) in [6.45, 7) is 8.05. The van der Waals surface area contributed by atoms with E-state index in [0.717, 1.165) is 5.56 Å². The fraction of sp³-hybridized carbons (Fsp3) is 0.455. The third-order valence-corrected chi connectivity index (χ3v) is 5.26. The molecule has 0 spiro atoms. The fourth-order valence-corrected chi connectivity index (χ4v) is 3.08. The molecule has 0 fully saturated rings. The van der Waals surface area contributed by atoms with Crippen LogP contribution in [0.5, 0.6) is 5.75 Å². The van der Waals surface area contributed by atoms with E-state index in [1.54, 1.807) is 32.9 Å². The highest BCUT2D eigenvalue weighted by Gasteiger charge is 2.25. The molecule has 9 heteroatoms. The standard InChI is InChI=1S/C22H28N2O7/c1-6-12(3)20(21(27)28)24-17(25)9-23-18(26)10-30-15-7-11(2)8-16-19(15)13(4)14(5)22(29)31-16/h7-8,12,20H,6,9-10H2,1-5H3,(H,23,26)(H,24,25)(H,27,28)/t12-,20-/m0/s1. The number of benzene rings is 1. The Morgan fingerprint density at radius 2 is 1.81 bits per heavy atom. The van der Waals surface area contributed by atoms with Crippen molar-refractivity contribution in [3.05, 3.63) is 39.2 Å². The van der Waals surface area contributed by atoms with Crippen LogP contribution in [0.2, 0.25) is 0 Å². The Morgan fingerprint density at radius 1 is 1.13 bits per heavy atom. The van der Waals surface area contributed by atoms with E-state index in [9.17, 15) is 24.3 Å². The first-order valence-corrected chi connectivity index (χ1v) is 10.0. The number of carboxylic acid groups (broad SMARTS) is 1. The van der Waals surface area contributed by atoms with Crippen LogP contribution in [0.1, 0.15) is 37.0 Å². The van der Waals surface area contributed by atoms with Gasteiger partial charge < -0.3 is 24.9 Å². The van der Waals surface area contributed by atoms with Crippen molar-refractivity contribution in [2.45, 2.75) is 47.1 Å². The number of hydrogen-bond acceptors (Lipinski definition) is 6. The van der Waals surface area contributed by atoms with Crippen molar-refractivity contribution in [3.63, 3.8) is 0 Å². The third kappa shape index (κ3) is 5.84. The zero-order valence-electron chi connectivity index (χ0n) is 18.3. The number of aryl methyl sites for hydroxylation is 2. The number of carboxylic acids is 1. The van der Waals surface area contributed by atoms with Crippen LogP contribution in [0, 0.1) is 26.7 Å². The van der Waals surface area contributed by atoms with Gasteiger partial charge in [-0.2, -0.15) is 0 Å². The van der Waals surface area contributed by atoms with Crippen LogP contribution in [0.4, 0.5) is 0 Å². The van der Waals surface area contributed by atoms with Crippen LogP contribution in [-0.4, -0.2) is 42.1 Å². The lowest BCUT2D eigenvalue weighted by Crippen LogP contribution is -2.48. The second-order valence-corrected chi connectivity index (χ2v) is 7.61. The maximum absolute atomic E-state index is 12.2. The summed E-state index contributed by atoms with van der Waals surface area (Å²) in [6, 6.07) is 2.43. The van der Waals surface area contributed by atoms with Gasteiger partial charge in [-0.05, 0) is 49.9 Å². The summed E-state index contributed by atoms with van der Waals surface area (Å²) in [5.74, 6) is -2.13. The first-order chi connectivity index (χ1) is 14.5. The van der Waals surface area contributed by atoms with Gasteiger partial charge in [0, 0.05) is 5.56 Å². The Labute approximate surface area is 179 Å². The number of amides is 2. The van der Waals surface area contributed by atoms with Crippen LogP contribution in [-0.2, 0) is 14.4 Å². The van der Waals surface area contributed by atoms with Gasteiger partial charge >= 0.3 is 11.6 Å².